The van der Waals surface area contributed by atoms with Crippen LogP contribution in [0.4, 0.5) is 8.78 Å². The molecule has 0 amide bonds. The van der Waals surface area contributed by atoms with Gasteiger partial charge in [-0.2, -0.15) is 0 Å². The van der Waals surface area contributed by atoms with E-state index in [1.807, 2.05) is 6.92 Å². The summed E-state index contributed by atoms with van der Waals surface area (Å²) in [4.78, 5) is 0. The highest BCUT2D eigenvalue weighted by atomic mass is 19.1. The summed E-state index contributed by atoms with van der Waals surface area (Å²) in [6.07, 6.45) is 0.323. The lowest BCUT2D eigenvalue weighted by Gasteiger charge is -2.27. The fourth-order valence-corrected chi connectivity index (χ4v) is 2.34. The van der Waals surface area contributed by atoms with Gasteiger partial charge in [-0.05, 0) is 55.2 Å². The number of benzene rings is 2. The van der Waals surface area contributed by atoms with Gasteiger partial charge in [0.15, 0.2) is 0 Å². The van der Waals surface area contributed by atoms with Crippen LogP contribution >= 0.6 is 0 Å². The summed E-state index contributed by atoms with van der Waals surface area (Å²) in [5.41, 5.74) is 7.61. The van der Waals surface area contributed by atoms with Gasteiger partial charge < -0.3 is 5.73 Å². The molecule has 19 heavy (non-hydrogen) atoms. The van der Waals surface area contributed by atoms with Gasteiger partial charge in [-0.15, -0.1) is 0 Å². The van der Waals surface area contributed by atoms with E-state index in [9.17, 15) is 8.78 Å². The molecule has 0 saturated heterocycles. The molecular formula is C16H17F2N. The van der Waals surface area contributed by atoms with Gasteiger partial charge in [0.05, 0.1) is 0 Å². The Kier molecular flexibility index (Phi) is 3.67. The summed E-state index contributed by atoms with van der Waals surface area (Å²) in [5.74, 6) is -0.612. The lowest BCUT2D eigenvalue weighted by atomic mass is 9.84. The SMILES string of the molecule is Cc1ccc(F)cc1C(C)(N)Cc1ccccc1F. The molecule has 0 aliphatic rings. The topological polar surface area (TPSA) is 26.0 Å². The van der Waals surface area contributed by atoms with Gasteiger partial charge in [-0.25, -0.2) is 8.78 Å². The van der Waals surface area contributed by atoms with E-state index in [-0.39, 0.29) is 11.6 Å². The Labute approximate surface area is 112 Å². The van der Waals surface area contributed by atoms with Crippen LogP contribution in [0.1, 0.15) is 23.6 Å². The fraction of sp³-hybridized carbons (Fsp3) is 0.250. The highest BCUT2D eigenvalue weighted by Crippen LogP contribution is 2.27. The molecule has 0 aromatic heterocycles. The average molecular weight is 261 g/mol. The van der Waals surface area contributed by atoms with E-state index in [4.69, 9.17) is 5.73 Å². The van der Waals surface area contributed by atoms with Gasteiger partial charge in [0, 0.05) is 5.54 Å². The third-order valence-electron chi connectivity index (χ3n) is 3.33. The first kappa shape index (κ1) is 13.7. The summed E-state index contributed by atoms with van der Waals surface area (Å²) >= 11 is 0. The van der Waals surface area contributed by atoms with E-state index in [0.717, 1.165) is 5.56 Å². The van der Waals surface area contributed by atoms with E-state index in [2.05, 4.69) is 0 Å². The van der Waals surface area contributed by atoms with E-state index >= 15 is 0 Å². The van der Waals surface area contributed by atoms with Crippen molar-refractivity contribution in [3.05, 3.63) is 70.8 Å². The second-order valence-electron chi connectivity index (χ2n) is 5.14. The van der Waals surface area contributed by atoms with Crippen LogP contribution in [0.2, 0.25) is 0 Å². The molecule has 2 aromatic rings. The molecule has 0 spiro atoms. The molecule has 1 unspecified atom stereocenters. The third-order valence-corrected chi connectivity index (χ3v) is 3.33. The Morgan fingerprint density at radius 1 is 1.11 bits per heavy atom. The average Bonchev–Trinajstić information content (AvgIpc) is 2.35. The van der Waals surface area contributed by atoms with Crippen LogP contribution < -0.4 is 5.73 Å². The maximum atomic E-state index is 13.7. The first-order valence-corrected chi connectivity index (χ1v) is 6.19. The van der Waals surface area contributed by atoms with Crippen LogP contribution in [-0.2, 0) is 12.0 Å². The standard InChI is InChI=1S/C16H17F2N/c1-11-7-8-13(17)9-14(11)16(2,19)10-12-5-3-4-6-15(12)18/h3-9H,10,19H2,1-2H3. The highest BCUT2D eigenvalue weighted by Gasteiger charge is 2.25. The molecule has 3 heteroatoms. The summed E-state index contributed by atoms with van der Waals surface area (Å²) < 4.78 is 27.1. The molecule has 1 nitrogen and oxygen atoms in total. The third kappa shape index (κ3) is 2.99. The van der Waals surface area contributed by atoms with Crippen molar-refractivity contribution < 1.29 is 8.78 Å². The van der Waals surface area contributed by atoms with E-state index in [1.54, 1.807) is 31.2 Å². The molecule has 0 bridgehead atoms. The van der Waals surface area contributed by atoms with Crippen LogP contribution in [0.25, 0.3) is 0 Å². The highest BCUT2D eigenvalue weighted by molar-refractivity contribution is 5.34. The zero-order valence-corrected chi connectivity index (χ0v) is 11.1. The molecule has 0 heterocycles. The maximum Gasteiger partial charge on any atom is 0.126 e. The van der Waals surface area contributed by atoms with Crippen molar-refractivity contribution in [1.82, 2.24) is 0 Å². The minimum absolute atomic E-state index is 0.284. The number of rotatable bonds is 3. The number of hydrogen-bond acceptors (Lipinski definition) is 1. The van der Waals surface area contributed by atoms with Crippen molar-refractivity contribution in [3.8, 4) is 0 Å². The van der Waals surface area contributed by atoms with Gasteiger partial charge in [-0.1, -0.05) is 24.3 Å². The number of aryl methyl sites for hydroxylation is 1. The van der Waals surface area contributed by atoms with Crippen molar-refractivity contribution >= 4 is 0 Å². The van der Waals surface area contributed by atoms with Crippen LogP contribution in [0.3, 0.4) is 0 Å². The molecular weight excluding hydrogens is 244 g/mol. The van der Waals surface area contributed by atoms with Gasteiger partial charge in [0.1, 0.15) is 11.6 Å². The summed E-state index contributed by atoms with van der Waals surface area (Å²) in [6.45, 7) is 3.67. The van der Waals surface area contributed by atoms with E-state index in [0.29, 0.717) is 17.5 Å². The molecule has 2 rings (SSSR count). The zero-order chi connectivity index (χ0) is 14.0. The normalized spacial score (nSPS) is 14.2. The van der Waals surface area contributed by atoms with Gasteiger partial charge >= 0.3 is 0 Å². The first-order chi connectivity index (χ1) is 8.90. The quantitative estimate of drug-likeness (QED) is 0.896. The lowest BCUT2D eigenvalue weighted by molar-refractivity contribution is 0.469. The molecule has 2 N–H and O–H groups in total. The van der Waals surface area contributed by atoms with Crippen molar-refractivity contribution in [3.63, 3.8) is 0 Å². The summed E-state index contributed by atoms with van der Waals surface area (Å²) in [6, 6.07) is 11.0. The second-order valence-corrected chi connectivity index (χ2v) is 5.14. The largest absolute Gasteiger partial charge is 0.321 e. The molecule has 2 aromatic carbocycles. The maximum absolute atomic E-state index is 13.7. The van der Waals surface area contributed by atoms with Crippen LogP contribution in [0.15, 0.2) is 42.5 Å². The second kappa shape index (κ2) is 5.10. The van der Waals surface area contributed by atoms with Crippen molar-refractivity contribution in [1.29, 1.82) is 0 Å². The molecule has 0 radical (unpaired) electrons. The van der Waals surface area contributed by atoms with Crippen molar-refractivity contribution in [2.75, 3.05) is 0 Å². The van der Waals surface area contributed by atoms with Crippen LogP contribution in [0, 0.1) is 18.6 Å². The molecule has 0 saturated carbocycles. The molecule has 100 valence electrons. The monoisotopic (exact) mass is 261 g/mol. The van der Waals surface area contributed by atoms with E-state index < -0.39 is 5.54 Å². The Hall–Kier alpha value is -1.74. The van der Waals surface area contributed by atoms with Crippen molar-refractivity contribution in [2.45, 2.75) is 25.8 Å². The molecule has 0 fully saturated rings. The molecule has 0 aliphatic heterocycles. The minimum atomic E-state index is -0.811. The summed E-state index contributed by atoms with van der Waals surface area (Å²) in [5, 5.41) is 0. The Balaban J connectivity index is 2.37. The Morgan fingerprint density at radius 3 is 2.47 bits per heavy atom. The number of nitrogens with two attached hydrogens (primary N) is 1. The number of hydrogen-bond donors (Lipinski definition) is 1. The fourth-order valence-electron chi connectivity index (χ4n) is 2.34. The summed E-state index contributed by atoms with van der Waals surface area (Å²) in [7, 11) is 0. The lowest BCUT2D eigenvalue weighted by Crippen LogP contribution is -2.36. The Bertz CT molecular complexity index is 591. The minimum Gasteiger partial charge on any atom is -0.321 e. The predicted octanol–water partition coefficient (Wildman–Crippen LogP) is 3.69. The van der Waals surface area contributed by atoms with Crippen molar-refractivity contribution in [2.24, 2.45) is 5.73 Å². The molecule has 1 atom stereocenters. The predicted molar refractivity (Wildman–Crippen MR) is 72.8 cm³/mol. The van der Waals surface area contributed by atoms with Gasteiger partial charge in [0.25, 0.3) is 0 Å². The smallest absolute Gasteiger partial charge is 0.126 e. The number of halogens is 2. The van der Waals surface area contributed by atoms with Crippen LogP contribution in [0.5, 0.6) is 0 Å². The zero-order valence-electron chi connectivity index (χ0n) is 11.1. The van der Waals surface area contributed by atoms with Gasteiger partial charge in [-0.3, -0.25) is 0 Å². The Morgan fingerprint density at radius 2 is 1.79 bits per heavy atom. The van der Waals surface area contributed by atoms with E-state index in [1.165, 1.54) is 18.2 Å². The van der Waals surface area contributed by atoms with Crippen LogP contribution in [-0.4, -0.2) is 0 Å². The first-order valence-electron chi connectivity index (χ1n) is 6.19. The van der Waals surface area contributed by atoms with Gasteiger partial charge in [0.2, 0.25) is 0 Å². The molecule has 0 aliphatic carbocycles.